The zero-order chi connectivity index (χ0) is 28.3. The Labute approximate surface area is 245 Å². The number of pyridine rings is 2. The lowest BCUT2D eigenvalue weighted by Crippen LogP contribution is -2.33. The van der Waals surface area contributed by atoms with E-state index < -0.39 is 0 Å². The molecule has 0 radical (unpaired) electrons. The van der Waals surface area contributed by atoms with Crippen LogP contribution in [0.4, 0.5) is 5.69 Å². The minimum atomic E-state index is -0.139. The van der Waals surface area contributed by atoms with Crippen LogP contribution in [-0.2, 0) is 11.3 Å². The Morgan fingerprint density at radius 2 is 1.76 bits per heavy atom. The molecular weight excluding hydrogens is 528 g/mol. The van der Waals surface area contributed by atoms with Gasteiger partial charge >= 0.3 is 0 Å². The Hall–Kier alpha value is -4.56. The predicted octanol–water partition coefficient (Wildman–Crippen LogP) is 6.10. The number of carbonyl (C=O) groups is 1. The van der Waals surface area contributed by atoms with Gasteiger partial charge < -0.3 is 20.1 Å². The lowest BCUT2D eigenvalue weighted by molar-refractivity contribution is -0.116. The van der Waals surface area contributed by atoms with E-state index in [0.29, 0.717) is 18.1 Å². The molecule has 1 aliphatic heterocycles. The fourth-order valence-corrected chi connectivity index (χ4v) is 6.13. The fraction of sp³-hybridized carbons (Fsp3) is 0.212. The molecule has 0 spiro atoms. The molecule has 206 valence electrons. The van der Waals surface area contributed by atoms with Gasteiger partial charge in [-0.15, -0.1) is 0 Å². The molecule has 2 aromatic carbocycles. The zero-order valence-electron chi connectivity index (χ0n) is 23.1. The van der Waals surface area contributed by atoms with Gasteiger partial charge in [0.15, 0.2) is 5.11 Å². The highest BCUT2D eigenvalue weighted by Crippen LogP contribution is 2.41. The van der Waals surface area contributed by atoms with Crippen LogP contribution in [-0.4, -0.2) is 37.0 Å². The third-order valence-corrected chi connectivity index (χ3v) is 8.22. The molecule has 8 heteroatoms. The van der Waals surface area contributed by atoms with Crippen LogP contribution in [0.2, 0.25) is 0 Å². The molecule has 0 bridgehead atoms. The van der Waals surface area contributed by atoms with E-state index in [1.165, 1.54) is 22.5 Å². The van der Waals surface area contributed by atoms with Gasteiger partial charge in [0.25, 0.3) is 0 Å². The second-order valence-corrected chi connectivity index (χ2v) is 10.8. The molecule has 0 saturated carbocycles. The number of thiocarbonyl (C=S) groups is 1. The Kier molecular flexibility index (Phi) is 7.48. The highest BCUT2D eigenvalue weighted by molar-refractivity contribution is 7.80. The van der Waals surface area contributed by atoms with Gasteiger partial charge in [-0.05, 0) is 79.0 Å². The number of hydrogen-bond acceptors (Lipinski definition) is 4. The van der Waals surface area contributed by atoms with Crippen molar-refractivity contribution in [3.8, 4) is 0 Å². The average molecular weight is 561 g/mol. The van der Waals surface area contributed by atoms with E-state index >= 15 is 0 Å². The first-order valence-electron chi connectivity index (χ1n) is 13.8. The number of aromatic nitrogens is 3. The molecule has 1 fully saturated rings. The number of nitrogens with one attached hydrogen (secondary N) is 2. The van der Waals surface area contributed by atoms with E-state index in [9.17, 15) is 4.79 Å². The first-order chi connectivity index (χ1) is 20.0. The normalized spacial score (nSPS) is 16.6. The van der Waals surface area contributed by atoms with Crippen LogP contribution in [0.3, 0.4) is 0 Å². The molecule has 6 rings (SSSR count). The number of hydrogen-bond donors (Lipinski definition) is 2. The Balaban J connectivity index is 1.28. The SMILES string of the molecule is Cc1cc([C@H]2[C@H](c3ccccn3)NC(=S)N2CCC(=O)Nc2cccc3ccccc23)c(C)n1Cc1ccncc1. The van der Waals surface area contributed by atoms with Crippen LogP contribution in [0.5, 0.6) is 0 Å². The number of rotatable bonds is 8. The summed E-state index contributed by atoms with van der Waals surface area (Å²) in [7, 11) is 0. The fourth-order valence-electron chi connectivity index (χ4n) is 5.80. The largest absolute Gasteiger partial charge is 0.352 e. The van der Waals surface area contributed by atoms with Gasteiger partial charge in [-0.3, -0.25) is 14.8 Å². The molecule has 2 N–H and O–H groups in total. The quantitative estimate of drug-likeness (QED) is 0.224. The van der Waals surface area contributed by atoms with Crippen molar-refractivity contribution < 1.29 is 4.79 Å². The lowest BCUT2D eigenvalue weighted by Gasteiger charge is -2.28. The summed E-state index contributed by atoms with van der Waals surface area (Å²) in [5.74, 6) is -0.0488. The van der Waals surface area contributed by atoms with E-state index in [4.69, 9.17) is 12.2 Å². The first-order valence-corrected chi connectivity index (χ1v) is 14.2. The van der Waals surface area contributed by atoms with Crippen LogP contribution in [0.25, 0.3) is 10.8 Å². The maximum atomic E-state index is 13.2. The first kappa shape index (κ1) is 26.7. The van der Waals surface area contributed by atoms with Crippen LogP contribution in [0.1, 0.15) is 46.7 Å². The molecule has 7 nitrogen and oxygen atoms in total. The third kappa shape index (κ3) is 5.43. The van der Waals surface area contributed by atoms with Gasteiger partial charge in [-0.2, -0.15) is 0 Å². The molecular formula is C33H32N6OS. The van der Waals surface area contributed by atoms with Crippen molar-refractivity contribution in [1.29, 1.82) is 0 Å². The summed E-state index contributed by atoms with van der Waals surface area (Å²) in [6.07, 6.45) is 5.76. The molecule has 1 amide bonds. The predicted molar refractivity (Wildman–Crippen MR) is 167 cm³/mol. The summed E-state index contributed by atoms with van der Waals surface area (Å²) in [4.78, 5) is 24.2. The van der Waals surface area contributed by atoms with Gasteiger partial charge in [0.05, 0.1) is 17.8 Å². The van der Waals surface area contributed by atoms with Crippen molar-refractivity contribution in [3.05, 3.63) is 126 Å². The highest BCUT2D eigenvalue weighted by atomic mass is 32.1. The minimum absolute atomic E-state index is 0.0488. The molecule has 1 aliphatic rings. The van der Waals surface area contributed by atoms with Crippen LogP contribution in [0, 0.1) is 13.8 Å². The van der Waals surface area contributed by atoms with E-state index in [1.807, 2.05) is 91.4 Å². The minimum Gasteiger partial charge on any atom is -0.352 e. The second-order valence-electron chi connectivity index (χ2n) is 10.4. The number of aryl methyl sites for hydroxylation is 1. The van der Waals surface area contributed by atoms with Crippen molar-refractivity contribution in [2.75, 3.05) is 11.9 Å². The highest BCUT2D eigenvalue weighted by Gasteiger charge is 2.41. The van der Waals surface area contributed by atoms with Gasteiger partial charge in [0.2, 0.25) is 5.91 Å². The standard InChI is InChI=1S/C33H32N6OS/c1-22-20-27(23(2)39(22)21-24-13-17-34-18-14-24)32-31(29-11-5-6-16-35-29)37-33(41)38(32)19-15-30(40)36-28-12-7-9-25-8-3-4-10-26(25)28/h3-14,16-18,20,31-32H,15,19,21H2,1-2H3,(H,36,40)(H,37,41)/t31-,32-/m0/s1. The van der Waals surface area contributed by atoms with Crippen LogP contribution >= 0.6 is 12.2 Å². The molecule has 1 saturated heterocycles. The molecule has 0 aliphatic carbocycles. The third-order valence-electron chi connectivity index (χ3n) is 7.86. The molecule has 3 aromatic heterocycles. The van der Waals surface area contributed by atoms with E-state index in [-0.39, 0.29) is 18.0 Å². The number of carbonyl (C=O) groups excluding carboxylic acids is 1. The summed E-state index contributed by atoms with van der Waals surface area (Å²) >= 11 is 5.87. The number of anilines is 1. The Bertz CT molecular complexity index is 1700. The van der Waals surface area contributed by atoms with E-state index in [0.717, 1.165) is 28.7 Å². The number of fused-ring (bicyclic) bond motifs is 1. The number of benzene rings is 2. The van der Waals surface area contributed by atoms with Crippen LogP contribution in [0.15, 0.2) is 97.5 Å². The summed E-state index contributed by atoms with van der Waals surface area (Å²) in [5.41, 5.74) is 6.44. The summed E-state index contributed by atoms with van der Waals surface area (Å²) < 4.78 is 2.33. The topological polar surface area (TPSA) is 75.1 Å². The van der Waals surface area contributed by atoms with Crippen molar-refractivity contribution in [2.45, 2.75) is 38.9 Å². The van der Waals surface area contributed by atoms with E-state index in [1.54, 1.807) is 0 Å². The van der Waals surface area contributed by atoms with Crippen molar-refractivity contribution in [1.82, 2.24) is 24.8 Å². The zero-order valence-corrected chi connectivity index (χ0v) is 23.9. The van der Waals surface area contributed by atoms with E-state index in [2.05, 4.69) is 50.0 Å². The van der Waals surface area contributed by atoms with Gasteiger partial charge in [0.1, 0.15) is 0 Å². The summed E-state index contributed by atoms with van der Waals surface area (Å²) in [6.45, 7) is 5.53. The second kappa shape index (κ2) is 11.5. The van der Waals surface area contributed by atoms with Gasteiger partial charge in [-0.25, -0.2) is 0 Å². The van der Waals surface area contributed by atoms with Crippen LogP contribution < -0.4 is 10.6 Å². The van der Waals surface area contributed by atoms with Crippen molar-refractivity contribution >= 4 is 39.7 Å². The van der Waals surface area contributed by atoms with Gasteiger partial charge in [-0.1, -0.05) is 42.5 Å². The monoisotopic (exact) mass is 560 g/mol. The summed E-state index contributed by atoms with van der Waals surface area (Å²) in [6, 6.07) is 26.0. The smallest absolute Gasteiger partial charge is 0.226 e. The Morgan fingerprint density at radius 3 is 2.56 bits per heavy atom. The molecule has 2 atom stereocenters. The molecule has 41 heavy (non-hydrogen) atoms. The van der Waals surface area contributed by atoms with Crippen molar-refractivity contribution in [3.63, 3.8) is 0 Å². The summed E-state index contributed by atoms with van der Waals surface area (Å²) in [5, 5.41) is 9.39. The Morgan fingerprint density at radius 1 is 0.976 bits per heavy atom. The maximum absolute atomic E-state index is 13.2. The number of amides is 1. The lowest BCUT2D eigenvalue weighted by atomic mass is 9.96. The van der Waals surface area contributed by atoms with Crippen molar-refractivity contribution in [2.24, 2.45) is 0 Å². The molecule has 5 aromatic rings. The van der Waals surface area contributed by atoms with Gasteiger partial charge in [0, 0.05) is 60.6 Å². The number of nitrogens with zero attached hydrogens (tertiary/aromatic N) is 4. The average Bonchev–Trinajstić information content (AvgIpc) is 3.47. The molecule has 0 unspecified atom stereocenters. The maximum Gasteiger partial charge on any atom is 0.226 e. The molecule has 4 heterocycles.